The normalized spacial score (nSPS) is 14.4. The van der Waals surface area contributed by atoms with Gasteiger partial charge in [0.1, 0.15) is 19.3 Å². The van der Waals surface area contributed by atoms with Gasteiger partial charge in [-0.05, 0) is 31.6 Å². The number of aliphatic hydroxyl groups is 1. The van der Waals surface area contributed by atoms with Crippen LogP contribution in [0.4, 0.5) is 0 Å². The summed E-state index contributed by atoms with van der Waals surface area (Å²) in [5.74, 6) is -1.43. The van der Waals surface area contributed by atoms with Crippen LogP contribution in [0.25, 0.3) is 0 Å². The molecule has 0 aliphatic carbocycles. The Bertz CT molecular complexity index is 1500. The maximum atomic E-state index is 12.9. The number of phosphoric ester groups is 2. The van der Waals surface area contributed by atoms with Crippen molar-refractivity contribution < 1.29 is 80.2 Å². The van der Waals surface area contributed by atoms with Crippen LogP contribution in [-0.4, -0.2) is 96.7 Å². The van der Waals surface area contributed by atoms with Crippen LogP contribution in [-0.2, 0) is 65.4 Å². The summed E-state index contributed by atoms with van der Waals surface area (Å²) in [4.78, 5) is 71.5. The molecule has 450 valence electrons. The largest absolute Gasteiger partial charge is 0.472 e. The van der Waals surface area contributed by atoms with Gasteiger partial charge in [0, 0.05) is 25.7 Å². The average Bonchev–Trinajstić information content (AvgIpc) is 3.38. The summed E-state index contributed by atoms with van der Waals surface area (Å²) in [6, 6.07) is 0. The molecule has 0 fully saturated rings. The molecule has 0 heterocycles. The highest BCUT2D eigenvalue weighted by Crippen LogP contribution is 2.45. The van der Waals surface area contributed by atoms with Crippen LogP contribution < -0.4 is 0 Å². The highest BCUT2D eigenvalue weighted by molar-refractivity contribution is 7.47. The van der Waals surface area contributed by atoms with Crippen molar-refractivity contribution in [2.75, 3.05) is 39.6 Å². The number of aliphatic hydroxyl groups excluding tert-OH is 1. The summed E-state index contributed by atoms with van der Waals surface area (Å²) >= 11 is 0. The molecule has 0 bridgehead atoms. The van der Waals surface area contributed by atoms with Crippen molar-refractivity contribution in [3.63, 3.8) is 0 Å². The van der Waals surface area contributed by atoms with Crippen molar-refractivity contribution in [1.82, 2.24) is 0 Å². The van der Waals surface area contributed by atoms with Crippen LogP contribution in [0.2, 0.25) is 0 Å². The Morgan fingerprint density at radius 1 is 0.355 bits per heavy atom. The molecule has 0 aliphatic rings. The van der Waals surface area contributed by atoms with E-state index in [1.807, 2.05) is 0 Å². The predicted molar refractivity (Wildman–Crippen MR) is 298 cm³/mol. The molecule has 0 aromatic carbocycles. The second-order valence-corrected chi connectivity index (χ2v) is 24.1. The van der Waals surface area contributed by atoms with Gasteiger partial charge in [0.25, 0.3) is 0 Å². The fourth-order valence-electron chi connectivity index (χ4n) is 8.34. The van der Waals surface area contributed by atoms with Crippen molar-refractivity contribution in [3.8, 4) is 0 Å². The van der Waals surface area contributed by atoms with Crippen molar-refractivity contribution >= 4 is 39.5 Å². The number of phosphoric acid groups is 2. The fraction of sp³-hybridized carbons (Fsp3) is 0.930. The van der Waals surface area contributed by atoms with Crippen molar-refractivity contribution in [2.45, 2.75) is 297 Å². The average molecular weight is 1130 g/mol. The molecule has 76 heavy (non-hydrogen) atoms. The lowest BCUT2D eigenvalue weighted by Crippen LogP contribution is -2.30. The molecule has 0 radical (unpaired) electrons. The molecule has 19 heteroatoms. The summed E-state index contributed by atoms with van der Waals surface area (Å²) in [7, 11) is -9.86. The monoisotopic (exact) mass is 1130 g/mol. The number of carbonyl (C=O) groups is 4. The van der Waals surface area contributed by atoms with Crippen LogP contribution in [0.5, 0.6) is 0 Å². The van der Waals surface area contributed by atoms with Gasteiger partial charge in [0.15, 0.2) is 12.2 Å². The van der Waals surface area contributed by atoms with E-state index >= 15 is 0 Å². The molecular formula is C57H110O17P2. The number of esters is 4. The van der Waals surface area contributed by atoms with Gasteiger partial charge in [-0.15, -0.1) is 0 Å². The third-order valence-electron chi connectivity index (χ3n) is 13.0. The maximum absolute atomic E-state index is 12.9. The van der Waals surface area contributed by atoms with Gasteiger partial charge in [-0.3, -0.25) is 37.3 Å². The molecule has 2 unspecified atom stereocenters. The molecule has 0 aromatic rings. The van der Waals surface area contributed by atoms with Crippen LogP contribution in [0, 0.1) is 5.92 Å². The van der Waals surface area contributed by atoms with Gasteiger partial charge in [-0.2, -0.15) is 0 Å². The van der Waals surface area contributed by atoms with E-state index < -0.39 is 97.5 Å². The smallest absolute Gasteiger partial charge is 0.462 e. The highest BCUT2D eigenvalue weighted by Gasteiger charge is 2.30. The summed E-state index contributed by atoms with van der Waals surface area (Å²) < 4.78 is 67.4. The Balaban J connectivity index is 5.18. The topological polar surface area (TPSA) is 237 Å². The quantitative estimate of drug-likeness (QED) is 0.0222. The molecule has 5 atom stereocenters. The van der Waals surface area contributed by atoms with Gasteiger partial charge >= 0.3 is 39.5 Å². The van der Waals surface area contributed by atoms with Crippen LogP contribution >= 0.6 is 15.6 Å². The molecule has 0 amide bonds. The number of ether oxygens (including phenoxy) is 4. The Morgan fingerprint density at radius 2 is 0.605 bits per heavy atom. The Morgan fingerprint density at radius 3 is 0.895 bits per heavy atom. The van der Waals surface area contributed by atoms with Crippen LogP contribution in [0.15, 0.2) is 0 Å². The Hall–Kier alpha value is -1.94. The zero-order valence-corrected chi connectivity index (χ0v) is 50.2. The zero-order chi connectivity index (χ0) is 56.4. The first-order chi connectivity index (χ1) is 36.5. The summed E-state index contributed by atoms with van der Waals surface area (Å²) in [6.45, 7) is 6.99. The highest BCUT2D eigenvalue weighted by atomic mass is 31.2. The number of hydrogen-bond acceptors (Lipinski definition) is 15. The van der Waals surface area contributed by atoms with Crippen molar-refractivity contribution in [3.05, 3.63) is 0 Å². The molecule has 0 aromatic heterocycles. The van der Waals surface area contributed by atoms with E-state index in [0.717, 1.165) is 109 Å². The lowest BCUT2D eigenvalue weighted by atomic mass is 10.0. The van der Waals surface area contributed by atoms with Gasteiger partial charge in [-0.25, -0.2) is 9.13 Å². The first kappa shape index (κ1) is 74.1. The van der Waals surface area contributed by atoms with Crippen molar-refractivity contribution in [2.24, 2.45) is 5.92 Å². The minimum atomic E-state index is -4.93. The van der Waals surface area contributed by atoms with E-state index in [0.29, 0.717) is 25.7 Å². The minimum absolute atomic E-state index is 0.104. The van der Waals surface area contributed by atoms with Gasteiger partial charge < -0.3 is 33.8 Å². The van der Waals surface area contributed by atoms with E-state index in [2.05, 4.69) is 34.6 Å². The van der Waals surface area contributed by atoms with Crippen LogP contribution in [0.3, 0.4) is 0 Å². The first-order valence-corrected chi connectivity index (χ1v) is 33.1. The summed E-state index contributed by atoms with van der Waals surface area (Å²) in [6.07, 6.45) is 32.5. The van der Waals surface area contributed by atoms with E-state index in [1.54, 1.807) is 0 Å². The molecule has 0 aliphatic heterocycles. The molecule has 0 saturated carbocycles. The summed E-state index contributed by atoms with van der Waals surface area (Å²) in [5, 5.41) is 10.5. The van der Waals surface area contributed by atoms with E-state index in [4.69, 9.17) is 37.0 Å². The third kappa shape index (κ3) is 51.5. The number of rotatable bonds is 57. The number of carbonyl (C=O) groups excluding carboxylic acids is 4. The van der Waals surface area contributed by atoms with E-state index in [-0.39, 0.29) is 25.7 Å². The molecule has 0 spiro atoms. The molecular weight excluding hydrogens is 1020 g/mol. The zero-order valence-electron chi connectivity index (χ0n) is 48.4. The van der Waals surface area contributed by atoms with E-state index in [1.165, 1.54) is 89.9 Å². The van der Waals surface area contributed by atoms with Gasteiger partial charge in [-0.1, -0.05) is 227 Å². The number of hydrogen-bond donors (Lipinski definition) is 3. The fourth-order valence-corrected chi connectivity index (χ4v) is 9.92. The second kappa shape index (κ2) is 51.2. The SMILES string of the molecule is CCCCCCCCCCCCCCC(=O)O[C@H](COC(=O)CCCCCCCCCCC(C)C)COP(=O)(O)OC[C@@H](O)COP(=O)(O)OC[C@@H](COC(=O)CCCCCCC)OC(=O)CCCCCCCCCC. The summed E-state index contributed by atoms with van der Waals surface area (Å²) in [5.41, 5.74) is 0. The molecule has 17 nitrogen and oxygen atoms in total. The van der Waals surface area contributed by atoms with Crippen LogP contribution in [0.1, 0.15) is 279 Å². The predicted octanol–water partition coefficient (Wildman–Crippen LogP) is 15.1. The Labute approximate surface area is 460 Å². The van der Waals surface area contributed by atoms with Crippen molar-refractivity contribution in [1.29, 1.82) is 0 Å². The molecule has 3 N–H and O–H groups in total. The Kier molecular flexibility index (Phi) is 49.9. The molecule has 0 saturated heterocycles. The third-order valence-corrected chi connectivity index (χ3v) is 14.9. The first-order valence-electron chi connectivity index (χ1n) is 30.1. The minimum Gasteiger partial charge on any atom is -0.462 e. The lowest BCUT2D eigenvalue weighted by Gasteiger charge is -2.21. The second-order valence-electron chi connectivity index (χ2n) is 21.2. The van der Waals surface area contributed by atoms with Gasteiger partial charge in [0.2, 0.25) is 0 Å². The maximum Gasteiger partial charge on any atom is 0.472 e. The van der Waals surface area contributed by atoms with Gasteiger partial charge in [0.05, 0.1) is 26.4 Å². The van der Waals surface area contributed by atoms with E-state index in [9.17, 15) is 43.2 Å². The number of unbranched alkanes of at least 4 members (excludes halogenated alkanes) is 29. The standard InChI is InChI=1S/C57H110O17P2/c1-6-9-12-15-17-19-20-21-22-28-33-38-43-57(62)74-53(47-68-55(60)41-36-31-27-24-23-25-30-34-39-50(4)5)49-72-76(65,66)70-45-51(58)44-69-75(63,64)71-48-52(46-67-54(59)40-35-29-14-11-8-3)73-56(61)42-37-32-26-18-16-13-10-7-2/h50-53,58H,6-49H2,1-5H3,(H,63,64)(H,65,66)/t51-,52+,53+/m0/s1. The lowest BCUT2D eigenvalue weighted by molar-refractivity contribution is -0.161. The molecule has 0 rings (SSSR count).